The van der Waals surface area contributed by atoms with E-state index in [0.717, 1.165) is 36.4 Å². The molecule has 65 heavy (non-hydrogen) atoms. The van der Waals surface area contributed by atoms with Gasteiger partial charge in [0, 0.05) is 23.5 Å². The largest absolute Gasteiger partial charge is 0.324 e. The predicted molar refractivity (Wildman–Crippen MR) is 231 cm³/mol. The fourth-order valence-corrected chi connectivity index (χ4v) is 8.74. The summed E-state index contributed by atoms with van der Waals surface area (Å²) in [4.78, 5) is 34.8. The van der Waals surface area contributed by atoms with Crippen molar-refractivity contribution >= 4 is 110 Å². The number of allylic oxidation sites excluding steroid dienone is 12. The van der Waals surface area contributed by atoms with Crippen LogP contribution in [0.5, 0.6) is 0 Å². The second kappa shape index (κ2) is 16.7. The Labute approximate surface area is 371 Å². The monoisotopic (exact) mass is 987 g/mol. The van der Waals surface area contributed by atoms with E-state index in [1.54, 1.807) is 0 Å². The minimum Gasteiger partial charge on any atom is -0.324 e. The Morgan fingerprint density at radius 1 is 0.508 bits per heavy atom. The number of halogens is 1. The van der Waals surface area contributed by atoms with Gasteiger partial charge in [0.25, 0.3) is 40.5 Å². The zero-order chi connectivity index (χ0) is 47.4. The van der Waals surface area contributed by atoms with Crippen LogP contribution in [0.4, 0.5) is 34.6 Å². The summed E-state index contributed by atoms with van der Waals surface area (Å²) in [5.41, 5.74) is 7.95. The van der Waals surface area contributed by atoms with Crippen LogP contribution in [0.2, 0.25) is 5.28 Å². The highest BCUT2D eigenvalue weighted by atomic mass is 35.5. The third-order valence-electron chi connectivity index (χ3n) is 8.99. The number of anilines is 6. The van der Waals surface area contributed by atoms with E-state index in [0.29, 0.717) is 12.2 Å². The van der Waals surface area contributed by atoms with Crippen molar-refractivity contribution in [1.29, 1.82) is 10.8 Å². The third kappa shape index (κ3) is 9.96. The molecular weight excluding hydrogens is 962 g/mol. The van der Waals surface area contributed by atoms with Gasteiger partial charge in [0.2, 0.25) is 17.2 Å². The number of fused-ring (bicyclic) bond motifs is 2. The van der Waals surface area contributed by atoms with Crippen LogP contribution in [0.3, 0.4) is 0 Å². The van der Waals surface area contributed by atoms with Gasteiger partial charge in [-0.2, -0.15) is 48.6 Å². The molecule has 2 aromatic carbocycles. The normalized spacial score (nSPS) is 16.5. The highest BCUT2D eigenvalue weighted by molar-refractivity contribution is 7.90. The number of carbonyl (C=O) groups is 2. The average molecular weight is 988 g/mol. The number of hydrazine groups is 2. The van der Waals surface area contributed by atoms with Gasteiger partial charge in [-0.25, -0.2) is 0 Å². The van der Waals surface area contributed by atoms with Gasteiger partial charge in [-0.15, -0.1) is 0 Å². The second-order valence-corrected chi connectivity index (χ2v) is 19.3. The summed E-state index contributed by atoms with van der Waals surface area (Å²) in [7, 11) is -19.6. The Bertz CT molecular complexity index is 3240. The number of nitrogens with zero attached hydrogens (tertiary/aromatic N) is 3. The van der Waals surface area contributed by atoms with Gasteiger partial charge >= 0.3 is 0 Å². The quantitative estimate of drug-likeness (QED) is 0.0815. The summed E-state index contributed by atoms with van der Waals surface area (Å²) < 4.78 is 136. The lowest BCUT2D eigenvalue weighted by atomic mass is 9.89. The van der Waals surface area contributed by atoms with Crippen LogP contribution in [0.1, 0.15) is 0 Å². The molecule has 0 saturated heterocycles. The number of carbonyl (C=O) groups excluding carboxylic acids is 2. The van der Waals surface area contributed by atoms with E-state index in [-0.39, 0.29) is 79.8 Å². The maximum atomic E-state index is 12.9. The molecule has 336 valence electrons. The van der Waals surface area contributed by atoms with Crippen molar-refractivity contribution < 1.29 is 61.5 Å². The first-order valence-electron chi connectivity index (χ1n) is 17.4. The van der Waals surface area contributed by atoms with Gasteiger partial charge in [0.1, 0.15) is 9.79 Å². The summed E-state index contributed by atoms with van der Waals surface area (Å²) in [5.74, 6) is -2.45. The van der Waals surface area contributed by atoms with Crippen LogP contribution in [0.15, 0.2) is 138 Å². The minimum absolute atomic E-state index is 0.0111. The van der Waals surface area contributed by atoms with Crippen LogP contribution in [-0.4, -0.2) is 89.8 Å². The van der Waals surface area contributed by atoms with Gasteiger partial charge in [0.05, 0.1) is 55.1 Å². The molecule has 0 saturated carbocycles. The molecular formula is C35H26ClN11O14S4. The SMILES string of the molecule is N=C1C=CC2=CC(S(=O)(=O)O)=CC(=O)C2=C1NNc1ccc(Nc2nc(Cl)nc(Nc3ccc(NNC4=C5C(=O)C=C(S(=O)(=O)O)C=C5C=CC4=N)c(S(=O)(=O)O)c3)n2)cc1S(=O)(=O)O. The molecule has 1 heterocycles. The molecule has 0 radical (unpaired) electrons. The third-order valence-corrected chi connectivity index (χ3v) is 12.6. The molecule has 0 amide bonds. The van der Waals surface area contributed by atoms with Crippen LogP contribution in [0.25, 0.3) is 0 Å². The van der Waals surface area contributed by atoms with E-state index in [2.05, 4.69) is 47.3 Å². The molecule has 4 aliphatic rings. The van der Waals surface area contributed by atoms with Gasteiger partial charge in [-0.3, -0.25) is 60.3 Å². The minimum atomic E-state index is -5.02. The number of hydrogen-bond donors (Lipinski definition) is 12. The molecule has 0 bridgehead atoms. The number of benzene rings is 2. The maximum Gasteiger partial charge on any atom is 0.296 e. The molecule has 7 rings (SSSR count). The molecule has 3 aromatic rings. The van der Waals surface area contributed by atoms with Crippen LogP contribution < -0.4 is 32.3 Å². The number of rotatable bonds is 14. The van der Waals surface area contributed by atoms with E-state index in [1.165, 1.54) is 36.4 Å². The van der Waals surface area contributed by atoms with Gasteiger partial charge in [-0.1, -0.05) is 12.2 Å². The van der Waals surface area contributed by atoms with Crippen molar-refractivity contribution in [2.75, 3.05) is 21.5 Å². The Morgan fingerprint density at radius 2 is 0.892 bits per heavy atom. The number of hydrogen-bond acceptors (Lipinski definition) is 21. The highest BCUT2D eigenvalue weighted by Crippen LogP contribution is 2.33. The lowest BCUT2D eigenvalue weighted by Crippen LogP contribution is -2.31. The molecule has 0 atom stereocenters. The Hall–Kier alpha value is -7.22. The molecule has 30 heteroatoms. The Kier molecular flexibility index (Phi) is 11.8. The van der Waals surface area contributed by atoms with Crippen LogP contribution >= 0.6 is 11.6 Å². The maximum absolute atomic E-state index is 12.9. The summed E-state index contributed by atoms with van der Waals surface area (Å²) in [6.07, 6.45) is 8.17. The Balaban J connectivity index is 1.10. The van der Waals surface area contributed by atoms with Crippen molar-refractivity contribution in [2.24, 2.45) is 0 Å². The smallest absolute Gasteiger partial charge is 0.296 e. The second-order valence-electron chi connectivity index (χ2n) is 13.3. The standard InChI is InChI=1S/C35H26ClN11O14S4/c36-33-41-34(39-17-3-7-23(27(11-17)64(56,57)58)44-46-31-21(37)5-1-15-9-19(62(50,51)52)13-25(48)29(15)31)43-35(42-33)40-18-4-8-24(28(12-18)65(59,60)61)45-47-32-22(38)6-2-16-10-20(63(53,54)55)14-26(49)30(16)32/h1-14,37-38,44-47H,(H,50,51,52)(H,53,54,55)(H,56,57,58)(H,59,60,61)(H2,39,40,41,42,43). The molecule has 1 aromatic heterocycles. The van der Waals surface area contributed by atoms with Crippen LogP contribution in [0, 0.1) is 10.8 Å². The van der Waals surface area contributed by atoms with E-state index in [9.17, 15) is 61.5 Å². The number of ketones is 2. The summed E-state index contributed by atoms with van der Waals surface area (Å²) in [5, 5.41) is 21.5. The molecule has 0 unspecified atom stereocenters. The summed E-state index contributed by atoms with van der Waals surface area (Å²) in [6.45, 7) is 0. The first-order chi connectivity index (χ1) is 30.3. The topological polar surface area (TPSA) is 410 Å². The summed E-state index contributed by atoms with van der Waals surface area (Å²) in [6, 6.07) is 6.72. The first kappa shape index (κ1) is 45.8. The zero-order valence-electron chi connectivity index (χ0n) is 31.8. The molecule has 25 nitrogen and oxygen atoms in total. The van der Waals surface area contributed by atoms with Crippen LogP contribution in [-0.2, 0) is 50.1 Å². The van der Waals surface area contributed by atoms with Crippen molar-refractivity contribution in [1.82, 2.24) is 25.8 Å². The molecule has 0 aliphatic heterocycles. The fraction of sp³-hybridized carbons (Fsp3) is 0. The first-order valence-corrected chi connectivity index (χ1v) is 23.6. The average Bonchev–Trinajstić information content (AvgIpc) is 3.19. The molecule has 4 aliphatic carbocycles. The zero-order valence-corrected chi connectivity index (χ0v) is 35.8. The highest BCUT2D eigenvalue weighted by Gasteiger charge is 2.31. The molecule has 0 fully saturated rings. The number of aromatic nitrogens is 3. The lowest BCUT2D eigenvalue weighted by Gasteiger charge is -2.23. The van der Waals surface area contributed by atoms with E-state index < -0.39 is 76.9 Å². The fourth-order valence-electron chi connectivity index (χ4n) is 6.17. The van der Waals surface area contributed by atoms with Crippen molar-refractivity contribution in [3.63, 3.8) is 0 Å². The molecule has 0 spiro atoms. The van der Waals surface area contributed by atoms with Gasteiger partial charge < -0.3 is 10.6 Å². The Morgan fingerprint density at radius 3 is 1.25 bits per heavy atom. The van der Waals surface area contributed by atoms with Gasteiger partial charge in [-0.05, 0) is 83.4 Å². The molecule has 12 N–H and O–H groups in total. The summed E-state index contributed by atoms with van der Waals surface area (Å²) >= 11 is 6.12. The van der Waals surface area contributed by atoms with E-state index in [1.807, 2.05) is 0 Å². The van der Waals surface area contributed by atoms with Crippen molar-refractivity contribution in [3.8, 4) is 0 Å². The van der Waals surface area contributed by atoms with E-state index >= 15 is 0 Å². The lowest BCUT2D eigenvalue weighted by molar-refractivity contribution is -0.112. The van der Waals surface area contributed by atoms with Gasteiger partial charge in [0.15, 0.2) is 11.6 Å². The van der Waals surface area contributed by atoms with Crippen molar-refractivity contribution in [3.05, 3.63) is 134 Å². The number of nitrogens with one attached hydrogen (secondary N) is 8. The van der Waals surface area contributed by atoms with E-state index in [4.69, 9.17) is 22.4 Å². The van der Waals surface area contributed by atoms with Crippen molar-refractivity contribution in [2.45, 2.75) is 9.79 Å². The predicted octanol–water partition coefficient (Wildman–Crippen LogP) is 2.59.